The van der Waals surface area contributed by atoms with E-state index >= 15 is 0 Å². The van der Waals surface area contributed by atoms with Crippen molar-refractivity contribution in [3.63, 3.8) is 0 Å². The van der Waals surface area contributed by atoms with Crippen LogP contribution >= 0.6 is 0 Å². The summed E-state index contributed by atoms with van der Waals surface area (Å²) >= 11 is 0. The first kappa shape index (κ1) is 16.1. The van der Waals surface area contributed by atoms with E-state index in [0.29, 0.717) is 41.8 Å². The first-order valence-electron chi connectivity index (χ1n) is 8.05. The number of aliphatic hydroxyl groups excluding tert-OH is 1. The molecule has 1 aliphatic rings. The number of amides is 1. The molecule has 1 amide bonds. The molecule has 3 aromatic rings. The molecule has 3 aromatic heterocycles. The minimum atomic E-state index is -0.617. The highest BCUT2D eigenvalue weighted by Gasteiger charge is 2.22. The molecule has 132 valence electrons. The third-order valence-corrected chi connectivity index (χ3v) is 4.11. The lowest BCUT2D eigenvalue weighted by molar-refractivity contribution is 0.0995. The summed E-state index contributed by atoms with van der Waals surface area (Å²) in [7, 11) is 0. The first-order chi connectivity index (χ1) is 12.6. The van der Waals surface area contributed by atoms with Crippen molar-refractivity contribution in [2.45, 2.75) is 26.6 Å². The number of aromatic amines is 1. The number of nitrogens with zero attached hydrogens (tertiary/aromatic N) is 6. The topological polar surface area (TPSA) is 148 Å². The van der Waals surface area contributed by atoms with Crippen LogP contribution in [0.4, 0.5) is 0 Å². The van der Waals surface area contributed by atoms with Crippen molar-refractivity contribution in [2.75, 3.05) is 0 Å². The second-order valence-corrected chi connectivity index (χ2v) is 5.77. The van der Waals surface area contributed by atoms with Gasteiger partial charge in [-0.1, -0.05) is 0 Å². The van der Waals surface area contributed by atoms with Crippen LogP contribution in [0.15, 0.2) is 17.1 Å². The van der Waals surface area contributed by atoms with Gasteiger partial charge in [-0.25, -0.2) is 9.97 Å². The SMILES string of the molecule is CCn1nc(CO)cc1-c1nc(-c2nc(C(N)=O)cc3c2C=NC3)n[nH]1. The van der Waals surface area contributed by atoms with Crippen molar-refractivity contribution in [1.29, 1.82) is 0 Å². The molecule has 0 fully saturated rings. The summed E-state index contributed by atoms with van der Waals surface area (Å²) in [4.78, 5) is 24.6. The summed E-state index contributed by atoms with van der Waals surface area (Å²) in [6, 6.07) is 3.38. The summed E-state index contributed by atoms with van der Waals surface area (Å²) in [5.74, 6) is 0.208. The predicted octanol–water partition coefficient (Wildman–Crippen LogP) is 0.274. The molecule has 10 heteroatoms. The minimum Gasteiger partial charge on any atom is -0.390 e. The van der Waals surface area contributed by atoms with Gasteiger partial charge in [0, 0.05) is 18.3 Å². The van der Waals surface area contributed by atoms with Gasteiger partial charge in [0.05, 0.1) is 18.8 Å². The van der Waals surface area contributed by atoms with Gasteiger partial charge >= 0.3 is 0 Å². The van der Waals surface area contributed by atoms with Crippen molar-refractivity contribution in [3.8, 4) is 23.0 Å². The standard InChI is InChI=1S/C16H16N8O2/c1-2-24-12(4-9(7-25)23-24)15-20-16(22-21-15)13-10-6-18-5-8(10)3-11(19-13)14(17)26/h3-4,6,25H,2,5,7H2,1H3,(H2,17,26)(H,20,21,22). The Morgan fingerprint density at radius 1 is 1.38 bits per heavy atom. The lowest BCUT2D eigenvalue weighted by Crippen LogP contribution is -2.15. The molecule has 0 aliphatic carbocycles. The van der Waals surface area contributed by atoms with Gasteiger partial charge in [-0.3, -0.25) is 19.6 Å². The Balaban J connectivity index is 1.81. The Hall–Kier alpha value is -3.40. The smallest absolute Gasteiger partial charge is 0.267 e. The number of aryl methyl sites for hydroxylation is 1. The highest BCUT2D eigenvalue weighted by atomic mass is 16.3. The van der Waals surface area contributed by atoms with Gasteiger partial charge in [-0.05, 0) is 24.6 Å². The number of hydrogen-bond donors (Lipinski definition) is 3. The lowest BCUT2D eigenvalue weighted by atomic mass is 10.1. The van der Waals surface area contributed by atoms with Gasteiger partial charge in [0.25, 0.3) is 5.91 Å². The number of rotatable bonds is 5. The normalized spacial score (nSPS) is 12.5. The molecule has 0 saturated carbocycles. The number of primary amides is 1. The number of nitrogens with two attached hydrogens (primary N) is 1. The number of fused-ring (bicyclic) bond motifs is 1. The van der Waals surface area contributed by atoms with E-state index in [0.717, 1.165) is 11.1 Å². The summed E-state index contributed by atoms with van der Waals surface area (Å²) in [5, 5.41) is 20.7. The van der Waals surface area contributed by atoms with Crippen LogP contribution in [0.25, 0.3) is 23.0 Å². The van der Waals surface area contributed by atoms with Crippen molar-refractivity contribution in [3.05, 3.63) is 34.6 Å². The van der Waals surface area contributed by atoms with E-state index in [2.05, 4.69) is 30.3 Å². The molecule has 4 N–H and O–H groups in total. The molecule has 0 unspecified atom stereocenters. The predicted molar refractivity (Wildman–Crippen MR) is 92.2 cm³/mol. The zero-order valence-corrected chi connectivity index (χ0v) is 14.0. The zero-order chi connectivity index (χ0) is 18.3. The second-order valence-electron chi connectivity index (χ2n) is 5.77. The Labute approximate surface area is 147 Å². The maximum absolute atomic E-state index is 11.6. The van der Waals surface area contributed by atoms with Crippen LogP contribution in [0.2, 0.25) is 0 Å². The summed E-state index contributed by atoms with van der Waals surface area (Å²) in [6.07, 6.45) is 1.69. The minimum absolute atomic E-state index is 0.150. The van der Waals surface area contributed by atoms with Crippen molar-refractivity contribution >= 4 is 12.1 Å². The fraction of sp³-hybridized carbons (Fsp3) is 0.250. The molecule has 0 aromatic carbocycles. The highest BCUT2D eigenvalue weighted by molar-refractivity contribution is 5.96. The Morgan fingerprint density at radius 3 is 2.96 bits per heavy atom. The molecule has 0 radical (unpaired) electrons. The van der Waals surface area contributed by atoms with Crippen molar-refractivity contribution in [1.82, 2.24) is 29.9 Å². The monoisotopic (exact) mass is 352 g/mol. The molecule has 1 aliphatic heterocycles. The van der Waals surface area contributed by atoms with Crippen LogP contribution in [-0.4, -0.2) is 47.2 Å². The first-order valence-corrected chi connectivity index (χ1v) is 8.05. The second kappa shape index (κ2) is 6.15. The number of hydrogen-bond acceptors (Lipinski definition) is 7. The quantitative estimate of drug-likeness (QED) is 0.600. The van der Waals surface area contributed by atoms with E-state index in [1.54, 1.807) is 23.0 Å². The average molecular weight is 352 g/mol. The largest absolute Gasteiger partial charge is 0.390 e. The third kappa shape index (κ3) is 2.56. The summed E-state index contributed by atoms with van der Waals surface area (Å²) < 4.78 is 1.72. The number of carbonyl (C=O) groups is 1. The molecule has 0 saturated heterocycles. The Bertz CT molecular complexity index is 1030. The van der Waals surface area contributed by atoms with Crippen LogP contribution in [0, 0.1) is 0 Å². The van der Waals surface area contributed by atoms with Crippen LogP contribution in [0.1, 0.15) is 34.2 Å². The van der Waals surface area contributed by atoms with E-state index < -0.39 is 5.91 Å². The maximum atomic E-state index is 11.6. The van der Waals surface area contributed by atoms with Crippen LogP contribution < -0.4 is 5.73 Å². The molecule has 10 nitrogen and oxygen atoms in total. The average Bonchev–Trinajstić information content (AvgIpc) is 3.37. The van der Waals surface area contributed by atoms with E-state index in [1.165, 1.54) is 0 Å². The van der Waals surface area contributed by atoms with Gasteiger partial charge in [0.15, 0.2) is 5.82 Å². The number of pyridine rings is 1. The van der Waals surface area contributed by atoms with Crippen molar-refractivity contribution in [2.24, 2.45) is 10.7 Å². The van der Waals surface area contributed by atoms with Gasteiger partial charge in [0.1, 0.15) is 17.1 Å². The summed E-state index contributed by atoms with van der Waals surface area (Å²) in [6.45, 7) is 2.86. The summed E-state index contributed by atoms with van der Waals surface area (Å²) in [5.41, 5.74) is 8.86. The third-order valence-electron chi connectivity index (χ3n) is 4.11. The number of H-pyrrole nitrogens is 1. The highest BCUT2D eigenvalue weighted by Crippen LogP contribution is 2.27. The van der Waals surface area contributed by atoms with E-state index in [4.69, 9.17) is 5.73 Å². The number of aliphatic hydroxyl groups is 1. The van der Waals surface area contributed by atoms with Gasteiger partial charge in [-0.2, -0.15) is 10.2 Å². The van der Waals surface area contributed by atoms with E-state index in [9.17, 15) is 9.90 Å². The maximum Gasteiger partial charge on any atom is 0.267 e. The van der Waals surface area contributed by atoms with Gasteiger partial charge in [0.2, 0.25) is 5.82 Å². The Morgan fingerprint density at radius 2 is 2.23 bits per heavy atom. The fourth-order valence-electron chi connectivity index (χ4n) is 2.88. The van der Waals surface area contributed by atoms with Crippen LogP contribution in [-0.2, 0) is 19.7 Å². The van der Waals surface area contributed by atoms with Gasteiger partial charge in [-0.15, -0.1) is 0 Å². The molecule has 26 heavy (non-hydrogen) atoms. The molecular weight excluding hydrogens is 336 g/mol. The van der Waals surface area contributed by atoms with Crippen LogP contribution in [0.3, 0.4) is 0 Å². The molecule has 0 bridgehead atoms. The van der Waals surface area contributed by atoms with Crippen LogP contribution in [0.5, 0.6) is 0 Å². The van der Waals surface area contributed by atoms with Crippen molar-refractivity contribution < 1.29 is 9.90 Å². The lowest BCUT2D eigenvalue weighted by Gasteiger charge is -2.05. The number of carbonyl (C=O) groups excluding carboxylic acids is 1. The zero-order valence-electron chi connectivity index (χ0n) is 14.0. The molecule has 0 spiro atoms. The molecule has 4 rings (SSSR count). The molecule has 0 atom stereocenters. The van der Waals surface area contributed by atoms with Gasteiger partial charge < -0.3 is 10.8 Å². The number of aromatic nitrogens is 6. The number of aliphatic imine (C=N–C) groups is 1. The number of nitrogens with one attached hydrogen (secondary N) is 1. The van der Waals surface area contributed by atoms with E-state index in [-0.39, 0.29) is 12.3 Å². The Kier molecular flexibility index (Phi) is 3.81. The molecular formula is C16H16N8O2. The van der Waals surface area contributed by atoms with E-state index in [1.807, 2.05) is 6.92 Å². The fourth-order valence-corrected chi connectivity index (χ4v) is 2.88. The molecule has 4 heterocycles.